The molecule has 6 nitrogen and oxygen atoms in total. The third kappa shape index (κ3) is 4.55. The Morgan fingerprint density at radius 3 is 2.81 bits per heavy atom. The van der Waals surface area contributed by atoms with Crippen LogP contribution in [0.5, 0.6) is 5.75 Å². The van der Waals surface area contributed by atoms with Crippen LogP contribution < -0.4 is 10.1 Å². The van der Waals surface area contributed by atoms with E-state index < -0.39 is 0 Å². The van der Waals surface area contributed by atoms with E-state index in [4.69, 9.17) is 9.47 Å². The highest BCUT2D eigenvalue weighted by Crippen LogP contribution is 2.30. The summed E-state index contributed by atoms with van der Waals surface area (Å²) in [5.74, 6) is 0.980. The zero-order valence-corrected chi connectivity index (χ0v) is 16.0. The smallest absolute Gasteiger partial charge is 0.234 e. The van der Waals surface area contributed by atoms with E-state index in [1.54, 1.807) is 7.11 Å². The van der Waals surface area contributed by atoms with Gasteiger partial charge in [0.25, 0.3) is 0 Å². The standard InChI is InChI=1S/C20H31N3O3/c1-22-11-12-23(16-20(22)8-13-26-14-9-20)15-19(24)21-10-7-17-5-3-4-6-18(17)25-2/h3-6H,7-16H2,1-2H3,(H,21,24). The van der Waals surface area contributed by atoms with E-state index in [-0.39, 0.29) is 11.4 Å². The Kier molecular flexibility index (Phi) is 6.51. The van der Waals surface area contributed by atoms with Gasteiger partial charge in [0.2, 0.25) is 5.91 Å². The number of nitrogens with one attached hydrogen (secondary N) is 1. The molecular weight excluding hydrogens is 330 g/mol. The highest BCUT2D eigenvalue weighted by molar-refractivity contribution is 5.78. The first-order valence-corrected chi connectivity index (χ1v) is 9.53. The van der Waals surface area contributed by atoms with Crippen molar-refractivity contribution in [3.63, 3.8) is 0 Å². The van der Waals surface area contributed by atoms with Gasteiger partial charge in [0.1, 0.15) is 5.75 Å². The molecule has 1 amide bonds. The number of methoxy groups -OCH3 is 1. The minimum atomic E-state index is 0.103. The van der Waals surface area contributed by atoms with Crippen LogP contribution in [0.15, 0.2) is 24.3 Å². The summed E-state index contributed by atoms with van der Waals surface area (Å²) in [5.41, 5.74) is 1.30. The Morgan fingerprint density at radius 1 is 1.27 bits per heavy atom. The first-order chi connectivity index (χ1) is 12.6. The van der Waals surface area contributed by atoms with Crippen LogP contribution in [0.2, 0.25) is 0 Å². The number of hydrogen-bond donors (Lipinski definition) is 1. The monoisotopic (exact) mass is 361 g/mol. The molecule has 0 unspecified atom stereocenters. The third-order valence-electron chi connectivity index (χ3n) is 5.78. The van der Waals surface area contributed by atoms with Crippen LogP contribution in [0.4, 0.5) is 0 Å². The molecule has 0 saturated carbocycles. The Hall–Kier alpha value is -1.63. The molecular formula is C20H31N3O3. The molecule has 2 fully saturated rings. The number of nitrogens with zero attached hydrogens (tertiary/aromatic N) is 2. The summed E-state index contributed by atoms with van der Waals surface area (Å²) >= 11 is 0. The lowest BCUT2D eigenvalue weighted by atomic mass is 9.86. The number of benzene rings is 1. The van der Waals surface area contributed by atoms with Crippen LogP contribution in [0.25, 0.3) is 0 Å². The second-order valence-electron chi connectivity index (χ2n) is 7.38. The van der Waals surface area contributed by atoms with E-state index in [2.05, 4.69) is 22.2 Å². The van der Waals surface area contributed by atoms with E-state index >= 15 is 0 Å². The SMILES string of the molecule is COc1ccccc1CCNC(=O)CN1CCN(C)C2(CCOCC2)C1. The van der Waals surface area contributed by atoms with Crippen molar-refractivity contribution in [2.24, 2.45) is 0 Å². The largest absolute Gasteiger partial charge is 0.496 e. The summed E-state index contributed by atoms with van der Waals surface area (Å²) in [4.78, 5) is 17.1. The van der Waals surface area contributed by atoms with Crippen molar-refractivity contribution in [1.82, 2.24) is 15.1 Å². The molecule has 2 aliphatic heterocycles. The minimum Gasteiger partial charge on any atom is -0.496 e. The Balaban J connectivity index is 1.46. The van der Waals surface area contributed by atoms with Crippen LogP contribution in [-0.2, 0) is 16.0 Å². The molecule has 0 radical (unpaired) electrons. The van der Waals surface area contributed by atoms with Gasteiger partial charge in [-0.3, -0.25) is 14.6 Å². The molecule has 0 aliphatic carbocycles. The predicted octanol–water partition coefficient (Wildman–Crippen LogP) is 1.15. The van der Waals surface area contributed by atoms with Crippen molar-refractivity contribution >= 4 is 5.91 Å². The van der Waals surface area contributed by atoms with Gasteiger partial charge < -0.3 is 14.8 Å². The van der Waals surface area contributed by atoms with Crippen molar-refractivity contribution in [2.75, 3.05) is 60.1 Å². The van der Waals surface area contributed by atoms with E-state index in [9.17, 15) is 4.79 Å². The molecule has 1 aromatic rings. The molecule has 26 heavy (non-hydrogen) atoms. The lowest BCUT2D eigenvalue weighted by molar-refractivity contribution is -0.124. The topological polar surface area (TPSA) is 54.0 Å². The quantitative estimate of drug-likeness (QED) is 0.824. The zero-order valence-electron chi connectivity index (χ0n) is 16.0. The molecule has 2 heterocycles. The molecule has 0 atom stereocenters. The Bertz CT molecular complexity index is 602. The van der Waals surface area contributed by atoms with Crippen LogP contribution in [-0.4, -0.2) is 81.3 Å². The lowest BCUT2D eigenvalue weighted by Crippen LogP contribution is -2.63. The number of rotatable bonds is 6. The Morgan fingerprint density at radius 2 is 2.04 bits per heavy atom. The van der Waals surface area contributed by atoms with Crippen LogP contribution >= 0.6 is 0 Å². The van der Waals surface area contributed by atoms with Crippen LogP contribution in [0.1, 0.15) is 18.4 Å². The molecule has 2 aliphatic rings. The van der Waals surface area contributed by atoms with Gasteiger partial charge in [0.15, 0.2) is 0 Å². The Labute approximate surface area is 156 Å². The normalized spacial score (nSPS) is 20.8. The predicted molar refractivity (Wildman–Crippen MR) is 102 cm³/mol. The average molecular weight is 361 g/mol. The van der Waals surface area contributed by atoms with Gasteiger partial charge in [-0.1, -0.05) is 18.2 Å². The van der Waals surface area contributed by atoms with E-state index in [1.165, 1.54) is 0 Å². The van der Waals surface area contributed by atoms with Gasteiger partial charge >= 0.3 is 0 Å². The first kappa shape index (κ1) is 19.1. The van der Waals surface area contributed by atoms with Crippen molar-refractivity contribution in [1.29, 1.82) is 0 Å². The third-order valence-corrected chi connectivity index (χ3v) is 5.78. The maximum atomic E-state index is 12.4. The molecule has 0 aromatic heterocycles. The highest BCUT2D eigenvalue weighted by Gasteiger charge is 2.41. The van der Waals surface area contributed by atoms with E-state index in [1.807, 2.05) is 24.3 Å². The fraction of sp³-hybridized carbons (Fsp3) is 0.650. The number of likely N-dealkylation sites (N-methyl/N-ethyl adjacent to an activating group) is 1. The maximum Gasteiger partial charge on any atom is 0.234 e. The summed E-state index contributed by atoms with van der Waals surface area (Å²) in [6.07, 6.45) is 2.88. The lowest BCUT2D eigenvalue weighted by Gasteiger charge is -2.51. The summed E-state index contributed by atoms with van der Waals surface area (Å²) < 4.78 is 10.9. The van der Waals surface area contributed by atoms with Crippen molar-refractivity contribution in [3.05, 3.63) is 29.8 Å². The number of carbonyl (C=O) groups excluding carboxylic acids is 1. The van der Waals surface area contributed by atoms with Crippen LogP contribution in [0, 0.1) is 0 Å². The highest BCUT2D eigenvalue weighted by atomic mass is 16.5. The molecule has 1 N–H and O–H groups in total. The van der Waals surface area contributed by atoms with Gasteiger partial charge in [0.05, 0.1) is 13.7 Å². The number of ether oxygens (including phenoxy) is 2. The summed E-state index contributed by atoms with van der Waals surface area (Å²) in [7, 11) is 3.88. The van der Waals surface area contributed by atoms with Crippen molar-refractivity contribution in [3.8, 4) is 5.75 Å². The number of carbonyl (C=O) groups is 1. The minimum absolute atomic E-state index is 0.103. The molecule has 0 bridgehead atoms. The number of amides is 1. The number of para-hydroxylation sites is 1. The van der Waals surface area contributed by atoms with Gasteiger partial charge in [-0.25, -0.2) is 0 Å². The van der Waals surface area contributed by atoms with Crippen molar-refractivity contribution in [2.45, 2.75) is 24.8 Å². The second kappa shape index (κ2) is 8.84. The number of piperazine rings is 1. The second-order valence-corrected chi connectivity index (χ2v) is 7.38. The van der Waals surface area contributed by atoms with Gasteiger partial charge in [0, 0.05) is 44.9 Å². The van der Waals surface area contributed by atoms with Crippen LogP contribution in [0.3, 0.4) is 0 Å². The fourth-order valence-electron chi connectivity index (χ4n) is 4.08. The van der Waals surface area contributed by atoms with Gasteiger partial charge in [-0.15, -0.1) is 0 Å². The summed E-state index contributed by atoms with van der Waals surface area (Å²) in [6.45, 7) is 5.65. The first-order valence-electron chi connectivity index (χ1n) is 9.53. The molecule has 1 spiro atoms. The van der Waals surface area contributed by atoms with Gasteiger partial charge in [-0.2, -0.15) is 0 Å². The molecule has 3 rings (SSSR count). The summed E-state index contributed by atoms with van der Waals surface area (Å²) in [6, 6.07) is 7.95. The van der Waals surface area contributed by atoms with E-state index in [0.29, 0.717) is 13.1 Å². The molecule has 2 saturated heterocycles. The average Bonchev–Trinajstić information content (AvgIpc) is 2.66. The molecule has 144 valence electrons. The maximum absolute atomic E-state index is 12.4. The van der Waals surface area contributed by atoms with E-state index in [0.717, 1.165) is 63.4 Å². The zero-order chi connectivity index (χ0) is 18.4. The van der Waals surface area contributed by atoms with Gasteiger partial charge in [-0.05, 0) is 37.9 Å². The summed E-state index contributed by atoms with van der Waals surface area (Å²) in [5, 5.41) is 3.06. The molecule has 1 aromatic carbocycles. The van der Waals surface area contributed by atoms with Crippen molar-refractivity contribution < 1.29 is 14.3 Å². The number of hydrogen-bond acceptors (Lipinski definition) is 5. The molecule has 6 heteroatoms. The fourth-order valence-corrected chi connectivity index (χ4v) is 4.08.